The van der Waals surface area contributed by atoms with E-state index >= 15 is 0 Å². The monoisotopic (exact) mass is 411 g/mol. The molecule has 1 amide bonds. The van der Waals surface area contributed by atoms with Crippen molar-refractivity contribution in [3.63, 3.8) is 0 Å². The van der Waals surface area contributed by atoms with Gasteiger partial charge >= 0.3 is 0 Å². The van der Waals surface area contributed by atoms with Gasteiger partial charge in [-0.1, -0.05) is 48.0 Å². The summed E-state index contributed by atoms with van der Waals surface area (Å²) in [5.41, 5.74) is 5.96. The number of nitro groups is 1. The van der Waals surface area contributed by atoms with E-state index in [-0.39, 0.29) is 17.6 Å². The Morgan fingerprint density at radius 2 is 1.74 bits per heavy atom. The molecular formula is C25H21N3O3. The molecule has 0 fully saturated rings. The number of benzene rings is 3. The van der Waals surface area contributed by atoms with Crippen molar-refractivity contribution < 1.29 is 9.72 Å². The van der Waals surface area contributed by atoms with E-state index in [1.165, 1.54) is 35.2 Å². The molecule has 4 aromatic rings. The number of hydrogen-bond donors (Lipinski definition) is 1. The molecule has 3 aromatic carbocycles. The standard InChI is InChI=1S/C25H21N3O3/c1-16-6-8-17(9-7-16)24-23-21(20-4-2-3-5-22(20)26-23)14-15-27(24)25(29)18-10-12-19(13-11-18)28(30)31/h2-13,24,26H,14-15H2,1H3. The number of non-ortho nitro benzene ring substituents is 1. The zero-order valence-electron chi connectivity index (χ0n) is 17.0. The molecule has 0 aliphatic carbocycles. The van der Waals surface area contributed by atoms with Crippen molar-refractivity contribution in [3.8, 4) is 0 Å². The second kappa shape index (κ2) is 7.40. The van der Waals surface area contributed by atoms with Gasteiger partial charge in [-0.15, -0.1) is 0 Å². The number of aromatic amines is 1. The van der Waals surface area contributed by atoms with Crippen LogP contribution in [0.1, 0.15) is 38.8 Å². The minimum absolute atomic E-state index is 0.0248. The number of carbonyl (C=O) groups excluding carboxylic acids is 1. The van der Waals surface area contributed by atoms with E-state index in [2.05, 4.69) is 41.4 Å². The zero-order valence-corrected chi connectivity index (χ0v) is 17.0. The first-order chi connectivity index (χ1) is 15.0. The summed E-state index contributed by atoms with van der Waals surface area (Å²) in [5.74, 6) is -0.134. The Hall–Kier alpha value is -3.93. The lowest BCUT2D eigenvalue weighted by Crippen LogP contribution is -2.40. The summed E-state index contributed by atoms with van der Waals surface area (Å²) in [6.45, 7) is 2.61. The Kier molecular flexibility index (Phi) is 4.55. The summed E-state index contributed by atoms with van der Waals surface area (Å²) in [6, 6.07) is 22.0. The normalized spacial score (nSPS) is 15.6. The molecule has 1 aliphatic heterocycles. The molecule has 2 heterocycles. The quantitative estimate of drug-likeness (QED) is 0.373. The maximum absolute atomic E-state index is 13.5. The van der Waals surface area contributed by atoms with Gasteiger partial charge in [-0.05, 0) is 42.7 Å². The molecule has 1 N–H and O–H groups in total. The first kappa shape index (κ1) is 19.1. The van der Waals surface area contributed by atoms with Crippen LogP contribution in [0.15, 0.2) is 72.8 Å². The predicted octanol–water partition coefficient (Wildman–Crippen LogP) is 5.17. The lowest BCUT2D eigenvalue weighted by Gasteiger charge is -2.36. The van der Waals surface area contributed by atoms with E-state index in [9.17, 15) is 14.9 Å². The number of amides is 1. The van der Waals surface area contributed by atoms with Crippen LogP contribution >= 0.6 is 0 Å². The van der Waals surface area contributed by atoms with Gasteiger partial charge in [0.05, 0.1) is 11.0 Å². The van der Waals surface area contributed by atoms with Crippen LogP contribution in [0.5, 0.6) is 0 Å². The molecule has 0 radical (unpaired) electrons. The molecule has 1 aromatic heterocycles. The third-order valence-electron chi connectivity index (χ3n) is 6.01. The largest absolute Gasteiger partial charge is 0.356 e. The van der Waals surface area contributed by atoms with Crippen molar-refractivity contribution in [2.75, 3.05) is 6.54 Å². The second-order valence-electron chi connectivity index (χ2n) is 7.93. The van der Waals surface area contributed by atoms with E-state index in [0.29, 0.717) is 12.1 Å². The van der Waals surface area contributed by atoms with E-state index in [1.807, 2.05) is 24.0 Å². The van der Waals surface area contributed by atoms with Crippen molar-refractivity contribution in [2.45, 2.75) is 19.4 Å². The van der Waals surface area contributed by atoms with Crippen LogP contribution in [0.2, 0.25) is 0 Å². The van der Waals surface area contributed by atoms with Crippen LogP contribution in [-0.4, -0.2) is 27.3 Å². The summed E-state index contributed by atoms with van der Waals surface area (Å²) in [7, 11) is 0. The lowest BCUT2D eigenvalue weighted by molar-refractivity contribution is -0.384. The summed E-state index contributed by atoms with van der Waals surface area (Å²) < 4.78 is 0. The fraction of sp³-hybridized carbons (Fsp3) is 0.160. The Morgan fingerprint density at radius 3 is 2.45 bits per heavy atom. The van der Waals surface area contributed by atoms with Gasteiger partial charge in [0.15, 0.2) is 0 Å². The zero-order chi connectivity index (χ0) is 21.5. The highest BCUT2D eigenvalue weighted by molar-refractivity contribution is 5.96. The van der Waals surface area contributed by atoms with Crippen molar-refractivity contribution in [2.24, 2.45) is 0 Å². The van der Waals surface area contributed by atoms with E-state index < -0.39 is 4.92 Å². The fourth-order valence-electron chi connectivity index (χ4n) is 4.45. The van der Waals surface area contributed by atoms with Crippen LogP contribution in [0.3, 0.4) is 0 Å². The molecule has 1 atom stereocenters. The Morgan fingerprint density at radius 1 is 1.03 bits per heavy atom. The molecule has 6 heteroatoms. The van der Waals surface area contributed by atoms with E-state index in [4.69, 9.17) is 0 Å². The predicted molar refractivity (Wildman–Crippen MR) is 119 cm³/mol. The topological polar surface area (TPSA) is 79.2 Å². The number of aryl methyl sites for hydroxylation is 1. The number of H-pyrrole nitrogens is 1. The van der Waals surface area contributed by atoms with Crippen molar-refractivity contribution in [1.29, 1.82) is 0 Å². The molecule has 154 valence electrons. The van der Waals surface area contributed by atoms with Crippen LogP contribution in [0, 0.1) is 17.0 Å². The average Bonchev–Trinajstić information content (AvgIpc) is 3.17. The molecular weight excluding hydrogens is 390 g/mol. The highest BCUT2D eigenvalue weighted by Gasteiger charge is 2.35. The molecule has 1 unspecified atom stereocenters. The number of carbonyl (C=O) groups is 1. The van der Waals surface area contributed by atoms with E-state index in [0.717, 1.165) is 28.8 Å². The number of nitrogens with one attached hydrogen (secondary N) is 1. The van der Waals surface area contributed by atoms with Crippen molar-refractivity contribution in [1.82, 2.24) is 9.88 Å². The highest BCUT2D eigenvalue weighted by Crippen LogP contribution is 2.39. The van der Waals surface area contributed by atoms with Crippen molar-refractivity contribution in [3.05, 3.63) is 111 Å². The van der Waals surface area contributed by atoms with Crippen molar-refractivity contribution >= 4 is 22.5 Å². The molecule has 0 bridgehead atoms. The smallest absolute Gasteiger partial charge is 0.269 e. The van der Waals surface area contributed by atoms with Gasteiger partial charge in [-0.3, -0.25) is 14.9 Å². The minimum Gasteiger partial charge on any atom is -0.356 e. The van der Waals surface area contributed by atoms with Gasteiger partial charge in [0.2, 0.25) is 0 Å². The van der Waals surface area contributed by atoms with Crippen LogP contribution in [-0.2, 0) is 6.42 Å². The number of fused-ring (bicyclic) bond motifs is 3. The van der Waals surface area contributed by atoms with Gasteiger partial charge in [-0.25, -0.2) is 0 Å². The summed E-state index contributed by atoms with van der Waals surface area (Å²) in [6.07, 6.45) is 0.750. The van der Waals surface area contributed by atoms with Gasteiger partial charge < -0.3 is 9.88 Å². The summed E-state index contributed by atoms with van der Waals surface area (Å²) >= 11 is 0. The van der Waals surface area contributed by atoms with Crippen LogP contribution in [0.25, 0.3) is 10.9 Å². The van der Waals surface area contributed by atoms with Gasteiger partial charge in [0, 0.05) is 40.8 Å². The van der Waals surface area contributed by atoms with E-state index in [1.54, 1.807) is 0 Å². The number of rotatable bonds is 3. The third kappa shape index (κ3) is 3.26. The lowest BCUT2D eigenvalue weighted by atomic mass is 9.91. The number of aromatic nitrogens is 1. The Labute approximate surface area is 179 Å². The van der Waals surface area contributed by atoms with Gasteiger partial charge in [-0.2, -0.15) is 0 Å². The first-order valence-corrected chi connectivity index (χ1v) is 10.2. The molecule has 5 rings (SSSR count). The average molecular weight is 411 g/mol. The molecule has 31 heavy (non-hydrogen) atoms. The fourth-order valence-corrected chi connectivity index (χ4v) is 4.45. The summed E-state index contributed by atoms with van der Waals surface area (Å²) in [4.78, 5) is 29.4. The number of nitrogens with zero attached hydrogens (tertiary/aromatic N) is 2. The maximum atomic E-state index is 13.5. The van der Waals surface area contributed by atoms with Crippen LogP contribution < -0.4 is 0 Å². The van der Waals surface area contributed by atoms with Gasteiger partial charge in [0.25, 0.3) is 11.6 Å². The Balaban J connectivity index is 1.61. The second-order valence-corrected chi connectivity index (χ2v) is 7.93. The highest BCUT2D eigenvalue weighted by atomic mass is 16.6. The van der Waals surface area contributed by atoms with Crippen LogP contribution in [0.4, 0.5) is 5.69 Å². The number of hydrogen-bond acceptors (Lipinski definition) is 3. The Bertz CT molecular complexity index is 1290. The molecule has 1 aliphatic rings. The minimum atomic E-state index is -0.457. The first-order valence-electron chi connectivity index (χ1n) is 10.2. The number of nitro benzene ring substituents is 1. The van der Waals surface area contributed by atoms with Gasteiger partial charge in [0.1, 0.15) is 0 Å². The molecule has 0 saturated heterocycles. The maximum Gasteiger partial charge on any atom is 0.269 e. The molecule has 6 nitrogen and oxygen atoms in total. The SMILES string of the molecule is Cc1ccc(C2c3[nH]c4ccccc4c3CCN2C(=O)c2ccc([N+](=O)[O-])cc2)cc1. The molecule has 0 spiro atoms. The summed E-state index contributed by atoms with van der Waals surface area (Å²) in [5, 5.41) is 12.2. The molecule has 0 saturated carbocycles. The third-order valence-corrected chi connectivity index (χ3v) is 6.01. The number of para-hydroxylation sites is 1.